The Hall–Kier alpha value is -1.24. The van der Waals surface area contributed by atoms with Crippen molar-refractivity contribution >= 4 is 15.9 Å². The van der Waals surface area contributed by atoms with Gasteiger partial charge in [0.1, 0.15) is 0 Å². The SMILES string of the molecule is CNC1CCOCC1c1nc(-c2ccc(C)c(Br)c2)no1. The molecule has 21 heavy (non-hydrogen) atoms. The molecule has 1 aromatic heterocycles. The Morgan fingerprint density at radius 2 is 2.24 bits per heavy atom. The number of benzene rings is 1. The fraction of sp³-hybridized carbons (Fsp3) is 0.467. The average molecular weight is 352 g/mol. The Morgan fingerprint density at radius 3 is 3.00 bits per heavy atom. The van der Waals surface area contributed by atoms with E-state index in [1.807, 2.05) is 32.2 Å². The summed E-state index contributed by atoms with van der Waals surface area (Å²) in [5.74, 6) is 1.37. The van der Waals surface area contributed by atoms with Crippen LogP contribution in [0.5, 0.6) is 0 Å². The second-order valence-electron chi connectivity index (χ2n) is 5.29. The average Bonchev–Trinajstić information content (AvgIpc) is 2.99. The molecule has 2 heterocycles. The number of hydrogen-bond acceptors (Lipinski definition) is 5. The van der Waals surface area contributed by atoms with Gasteiger partial charge in [-0.2, -0.15) is 4.98 Å². The Morgan fingerprint density at radius 1 is 1.38 bits per heavy atom. The molecule has 0 aliphatic carbocycles. The molecule has 2 unspecified atom stereocenters. The van der Waals surface area contributed by atoms with Crippen LogP contribution in [0.15, 0.2) is 27.2 Å². The smallest absolute Gasteiger partial charge is 0.233 e. The van der Waals surface area contributed by atoms with Crippen LogP contribution in [0.2, 0.25) is 0 Å². The standard InChI is InChI=1S/C15H18BrN3O2/c1-9-3-4-10(7-12(9)16)14-18-15(21-19-14)11-8-20-6-5-13(11)17-2/h3-4,7,11,13,17H,5-6,8H2,1-2H3. The van der Waals surface area contributed by atoms with Crippen LogP contribution in [-0.2, 0) is 4.74 Å². The second-order valence-corrected chi connectivity index (χ2v) is 6.14. The van der Waals surface area contributed by atoms with Crippen molar-refractivity contribution in [1.82, 2.24) is 15.5 Å². The third-order valence-corrected chi connectivity index (χ3v) is 4.77. The summed E-state index contributed by atoms with van der Waals surface area (Å²) in [6.07, 6.45) is 0.953. The maximum absolute atomic E-state index is 5.54. The van der Waals surface area contributed by atoms with Crippen LogP contribution in [0.3, 0.4) is 0 Å². The van der Waals surface area contributed by atoms with Gasteiger partial charge in [0.2, 0.25) is 11.7 Å². The molecule has 6 heteroatoms. The van der Waals surface area contributed by atoms with Gasteiger partial charge in [0, 0.05) is 22.7 Å². The van der Waals surface area contributed by atoms with Gasteiger partial charge in [-0.3, -0.25) is 0 Å². The molecule has 1 saturated heterocycles. The van der Waals surface area contributed by atoms with Crippen molar-refractivity contribution in [2.24, 2.45) is 0 Å². The molecule has 1 fully saturated rings. The highest BCUT2D eigenvalue weighted by molar-refractivity contribution is 9.10. The zero-order valence-electron chi connectivity index (χ0n) is 12.1. The first-order valence-corrected chi connectivity index (χ1v) is 7.83. The minimum atomic E-state index is 0.110. The molecule has 1 N–H and O–H groups in total. The van der Waals surface area contributed by atoms with Crippen LogP contribution >= 0.6 is 15.9 Å². The molecule has 0 radical (unpaired) electrons. The lowest BCUT2D eigenvalue weighted by Gasteiger charge is -2.28. The molecule has 3 rings (SSSR count). The number of likely N-dealkylation sites (N-methyl/N-ethyl adjacent to an activating group) is 1. The van der Waals surface area contributed by atoms with Crippen molar-refractivity contribution in [2.75, 3.05) is 20.3 Å². The van der Waals surface area contributed by atoms with Gasteiger partial charge in [-0.05, 0) is 32.0 Å². The third-order valence-electron chi connectivity index (χ3n) is 3.92. The van der Waals surface area contributed by atoms with Crippen LogP contribution in [0.25, 0.3) is 11.4 Å². The van der Waals surface area contributed by atoms with Gasteiger partial charge in [0.25, 0.3) is 0 Å². The van der Waals surface area contributed by atoms with Gasteiger partial charge < -0.3 is 14.6 Å². The largest absolute Gasteiger partial charge is 0.381 e. The van der Waals surface area contributed by atoms with Crippen LogP contribution in [-0.4, -0.2) is 36.4 Å². The van der Waals surface area contributed by atoms with E-state index < -0.39 is 0 Å². The predicted molar refractivity (Wildman–Crippen MR) is 83.2 cm³/mol. The highest BCUT2D eigenvalue weighted by Gasteiger charge is 2.30. The Balaban J connectivity index is 1.86. The zero-order valence-corrected chi connectivity index (χ0v) is 13.7. The van der Waals surface area contributed by atoms with Crippen LogP contribution < -0.4 is 5.32 Å². The molecule has 0 saturated carbocycles. The molecule has 0 spiro atoms. The van der Waals surface area contributed by atoms with Crippen molar-refractivity contribution in [3.63, 3.8) is 0 Å². The third kappa shape index (κ3) is 3.02. The molecule has 5 nitrogen and oxygen atoms in total. The number of halogens is 1. The van der Waals surface area contributed by atoms with Crippen LogP contribution in [0, 0.1) is 6.92 Å². The molecule has 0 amide bonds. The summed E-state index contributed by atoms with van der Waals surface area (Å²) in [6, 6.07) is 6.37. The van der Waals surface area contributed by atoms with Crippen LogP contribution in [0.4, 0.5) is 0 Å². The van der Waals surface area contributed by atoms with E-state index in [2.05, 4.69) is 31.4 Å². The van der Waals surface area contributed by atoms with Gasteiger partial charge in [0.05, 0.1) is 12.5 Å². The molecule has 112 valence electrons. The zero-order chi connectivity index (χ0) is 14.8. The minimum absolute atomic E-state index is 0.110. The summed E-state index contributed by atoms with van der Waals surface area (Å²) in [5, 5.41) is 7.41. The van der Waals surface area contributed by atoms with Crippen molar-refractivity contribution in [3.05, 3.63) is 34.1 Å². The molecule has 0 bridgehead atoms. The van der Waals surface area contributed by atoms with E-state index in [1.165, 1.54) is 5.56 Å². The first kappa shape index (κ1) is 14.7. The molecule has 2 atom stereocenters. The van der Waals surface area contributed by atoms with E-state index in [9.17, 15) is 0 Å². The van der Waals surface area contributed by atoms with Crippen LogP contribution in [0.1, 0.15) is 23.8 Å². The number of rotatable bonds is 3. The van der Waals surface area contributed by atoms with Crippen molar-refractivity contribution in [2.45, 2.75) is 25.3 Å². The number of hydrogen-bond donors (Lipinski definition) is 1. The summed E-state index contributed by atoms with van der Waals surface area (Å²) in [6.45, 7) is 3.44. The summed E-state index contributed by atoms with van der Waals surface area (Å²) in [4.78, 5) is 4.55. The van der Waals surface area contributed by atoms with Gasteiger partial charge >= 0.3 is 0 Å². The first-order chi connectivity index (χ1) is 10.2. The lowest BCUT2D eigenvalue weighted by Crippen LogP contribution is -2.39. The summed E-state index contributed by atoms with van der Waals surface area (Å²) < 4.78 is 12.0. The molecular weight excluding hydrogens is 334 g/mol. The molecule has 1 aromatic carbocycles. The van der Waals surface area contributed by atoms with Gasteiger partial charge in [0.15, 0.2) is 0 Å². The number of nitrogens with zero attached hydrogens (tertiary/aromatic N) is 2. The molecule has 1 aliphatic rings. The van der Waals surface area contributed by atoms with E-state index in [-0.39, 0.29) is 5.92 Å². The summed E-state index contributed by atoms with van der Waals surface area (Å²) >= 11 is 3.53. The Bertz CT molecular complexity index is 629. The maximum atomic E-state index is 5.54. The topological polar surface area (TPSA) is 60.2 Å². The quantitative estimate of drug-likeness (QED) is 0.921. The van der Waals surface area contributed by atoms with E-state index in [0.29, 0.717) is 24.4 Å². The highest BCUT2D eigenvalue weighted by Crippen LogP contribution is 2.28. The summed E-state index contributed by atoms with van der Waals surface area (Å²) in [7, 11) is 1.96. The fourth-order valence-electron chi connectivity index (χ4n) is 2.56. The Labute approximate surface area is 132 Å². The van der Waals surface area contributed by atoms with Crippen molar-refractivity contribution in [1.29, 1.82) is 0 Å². The number of ether oxygens (including phenoxy) is 1. The number of aryl methyl sites for hydroxylation is 1. The lowest BCUT2D eigenvalue weighted by atomic mass is 9.96. The van der Waals surface area contributed by atoms with Gasteiger partial charge in [-0.15, -0.1) is 0 Å². The first-order valence-electron chi connectivity index (χ1n) is 7.04. The predicted octanol–water partition coefficient (Wildman–Crippen LogP) is 2.90. The lowest BCUT2D eigenvalue weighted by molar-refractivity contribution is 0.0516. The van der Waals surface area contributed by atoms with Crippen molar-refractivity contribution in [3.8, 4) is 11.4 Å². The molecule has 2 aromatic rings. The fourth-order valence-corrected chi connectivity index (χ4v) is 2.94. The summed E-state index contributed by atoms with van der Waals surface area (Å²) in [5.41, 5.74) is 2.12. The number of aromatic nitrogens is 2. The van der Waals surface area contributed by atoms with E-state index >= 15 is 0 Å². The minimum Gasteiger partial charge on any atom is -0.381 e. The second kappa shape index (κ2) is 6.25. The van der Waals surface area contributed by atoms with Gasteiger partial charge in [-0.25, -0.2) is 0 Å². The molecular formula is C15H18BrN3O2. The number of nitrogens with one attached hydrogen (secondary N) is 1. The monoisotopic (exact) mass is 351 g/mol. The normalized spacial score (nSPS) is 22.4. The van der Waals surface area contributed by atoms with Gasteiger partial charge in [-0.1, -0.05) is 33.2 Å². The van der Waals surface area contributed by atoms with E-state index in [4.69, 9.17) is 9.26 Å². The van der Waals surface area contributed by atoms with Crippen molar-refractivity contribution < 1.29 is 9.26 Å². The maximum Gasteiger partial charge on any atom is 0.233 e. The van der Waals surface area contributed by atoms with E-state index in [1.54, 1.807) is 0 Å². The highest BCUT2D eigenvalue weighted by atomic mass is 79.9. The van der Waals surface area contributed by atoms with E-state index in [0.717, 1.165) is 23.1 Å². The molecule has 1 aliphatic heterocycles. The Kier molecular flexibility index (Phi) is 4.37.